The minimum atomic E-state index is -4.99. The van der Waals surface area contributed by atoms with Crippen molar-refractivity contribution in [2.45, 2.75) is 12.2 Å². The van der Waals surface area contributed by atoms with Crippen LogP contribution in [0, 0.1) is 10.1 Å². The van der Waals surface area contributed by atoms with Crippen molar-refractivity contribution >= 4 is 17.3 Å². The summed E-state index contributed by atoms with van der Waals surface area (Å²) in [5.41, 5.74) is -0.783. The van der Waals surface area contributed by atoms with Crippen molar-refractivity contribution in [3.05, 3.63) is 21.9 Å². The molecular weight excluding hydrogens is 281 g/mol. The van der Waals surface area contributed by atoms with Crippen LogP contribution >= 0.6 is 11.6 Å². The van der Waals surface area contributed by atoms with E-state index in [0.717, 1.165) is 7.11 Å². The number of halogens is 4. The fourth-order valence-electron chi connectivity index (χ4n) is 1.18. The summed E-state index contributed by atoms with van der Waals surface area (Å²) in [5.74, 6) is -1.86. The first-order chi connectivity index (χ1) is 8.30. The molecule has 0 saturated heterocycles. The van der Waals surface area contributed by atoms with Crippen molar-refractivity contribution in [2.24, 2.45) is 0 Å². The summed E-state index contributed by atoms with van der Waals surface area (Å²) in [5, 5.41) is 10.6. The molecule has 0 fully saturated rings. The lowest BCUT2D eigenvalue weighted by Crippen LogP contribution is -2.19. The van der Waals surface area contributed by atoms with Crippen LogP contribution in [0.15, 0.2) is 6.20 Å². The third-order valence-corrected chi connectivity index (χ3v) is 2.10. The molecule has 0 aliphatic rings. The monoisotopic (exact) mass is 286 g/mol. The standard InChI is InChI=1S/C8H6ClF3N2O4/c1-17-6-4(2-9)5(14(15)16)3-13-7(6)18-8(10,11)12/h3H,2H2,1H3. The first-order valence-electron chi connectivity index (χ1n) is 4.32. The van der Waals surface area contributed by atoms with Crippen LogP contribution in [-0.4, -0.2) is 23.4 Å². The van der Waals surface area contributed by atoms with E-state index in [4.69, 9.17) is 11.6 Å². The molecule has 1 aromatic rings. The fourth-order valence-corrected chi connectivity index (χ4v) is 1.44. The van der Waals surface area contributed by atoms with Crippen LogP contribution in [0.2, 0.25) is 0 Å². The van der Waals surface area contributed by atoms with Gasteiger partial charge in [0.25, 0.3) is 11.6 Å². The maximum absolute atomic E-state index is 12.1. The molecule has 10 heteroatoms. The van der Waals surface area contributed by atoms with Crippen molar-refractivity contribution in [3.63, 3.8) is 0 Å². The van der Waals surface area contributed by atoms with Crippen molar-refractivity contribution in [3.8, 4) is 11.6 Å². The van der Waals surface area contributed by atoms with Gasteiger partial charge in [0, 0.05) is 0 Å². The van der Waals surface area contributed by atoms with Gasteiger partial charge in [-0.25, -0.2) is 4.98 Å². The van der Waals surface area contributed by atoms with Gasteiger partial charge in [0.1, 0.15) is 6.20 Å². The van der Waals surface area contributed by atoms with Gasteiger partial charge < -0.3 is 9.47 Å². The largest absolute Gasteiger partial charge is 0.574 e. The Morgan fingerprint density at radius 3 is 2.56 bits per heavy atom. The lowest BCUT2D eigenvalue weighted by molar-refractivity contribution is -0.385. The van der Waals surface area contributed by atoms with E-state index in [1.165, 1.54) is 0 Å². The smallest absolute Gasteiger partial charge is 0.491 e. The quantitative estimate of drug-likeness (QED) is 0.483. The molecule has 0 bridgehead atoms. The third-order valence-electron chi connectivity index (χ3n) is 1.83. The molecule has 0 radical (unpaired) electrons. The summed E-state index contributed by atoms with van der Waals surface area (Å²) < 4.78 is 44.4. The van der Waals surface area contributed by atoms with Gasteiger partial charge in [0.15, 0.2) is 5.75 Å². The second kappa shape index (κ2) is 5.25. The van der Waals surface area contributed by atoms with Crippen molar-refractivity contribution in [1.82, 2.24) is 4.98 Å². The van der Waals surface area contributed by atoms with Crippen LogP contribution in [0.1, 0.15) is 5.56 Å². The van der Waals surface area contributed by atoms with Gasteiger partial charge in [-0.3, -0.25) is 10.1 Å². The SMILES string of the molecule is COc1c(OC(F)(F)F)ncc([N+](=O)[O-])c1CCl. The Morgan fingerprint density at radius 1 is 1.56 bits per heavy atom. The number of pyridine rings is 1. The van der Waals surface area contributed by atoms with E-state index in [9.17, 15) is 23.3 Å². The molecule has 6 nitrogen and oxygen atoms in total. The van der Waals surface area contributed by atoms with Gasteiger partial charge in [-0.15, -0.1) is 24.8 Å². The lowest BCUT2D eigenvalue weighted by atomic mass is 10.2. The summed E-state index contributed by atoms with van der Waals surface area (Å²) >= 11 is 5.45. The van der Waals surface area contributed by atoms with E-state index in [1.54, 1.807) is 0 Å². The number of methoxy groups -OCH3 is 1. The van der Waals surface area contributed by atoms with Crippen molar-refractivity contribution in [1.29, 1.82) is 0 Å². The number of hydrogen-bond donors (Lipinski definition) is 0. The zero-order chi connectivity index (χ0) is 13.9. The summed E-state index contributed by atoms with van der Waals surface area (Å²) in [6, 6.07) is 0. The Balaban J connectivity index is 3.34. The van der Waals surface area contributed by atoms with E-state index >= 15 is 0 Å². The minimum Gasteiger partial charge on any atom is -0.491 e. The molecule has 0 saturated carbocycles. The average Bonchev–Trinajstić information content (AvgIpc) is 2.25. The maximum atomic E-state index is 12.1. The molecule has 1 heterocycles. The highest BCUT2D eigenvalue weighted by atomic mass is 35.5. The van der Waals surface area contributed by atoms with E-state index in [2.05, 4.69) is 14.5 Å². The highest BCUT2D eigenvalue weighted by molar-refractivity contribution is 6.17. The zero-order valence-electron chi connectivity index (χ0n) is 8.82. The number of ether oxygens (including phenoxy) is 2. The summed E-state index contributed by atoms with van der Waals surface area (Å²) in [6.07, 6.45) is -4.36. The van der Waals surface area contributed by atoms with Gasteiger partial charge in [-0.2, -0.15) is 0 Å². The van der Waals surface area contributed by atoms with Gasteiger partial charge in [-0.1, -0.05) is 0 Å². The molecule has 18 heavy (non-hydrogen) atoms. The number of aromatic nitrogens is 1. The second-order valence-electron chi connectivity index (χ2n) is 2.90. The van der Waals surface area contributed by atoms with Crippen molar-refractivity contribution in [2.75, 3.05) is 7.11 Å². The van der Waals surface area contributed by atoms with Gasteiger partial charge in [0.2, 0.25) is 0 Å². The topological polar surface area (TPSA) is 74.5 Å². The molecule has 0 spiro atoms. The molecule has 1 rings (SSSR count). The molecule has 0 atom stereocenters. The average molecular weight is 287 g/mol. The number of nitro groups is 1. The van der Waals surface area contributed by atoms with Crippen LogP contribution in [-0.2, 0) is 5.88 Å². The zero-order valence-corrected chi connectivity index (χ0v) is 9.58. The van der Waals surface area contributed by atoms with Gasteiger partial charge in [-0.05, 0) is 0 Å². The molecule has 0 N–H and O–H groups in total. The van der Waals surface area contributed by atoms with Gasteiger partial charge in [0.05, 0.1) is 23.5 Å². The molecular formula is C8H6ClF3N2O4. The van der Waals surface area contributed by atoms with E-state index in [1.807, 2.05) is 0 Å². The molecule has 0 amide bonds. The van der Waals surface area contributed by atoms with Crippen LogP contribution in [0.3, 0.4) is 0 Å². The van der Waals surface area contributed by atoms with E-state index < -0.39 is 34.5 Å². The number of alkyl halides is 4. The second-order valence-corrected chi connectivity index (χ2v) is 3.17. The Hall–Kier alpha value is -1.77. The minimum absolute atomic E-state index is 0.238. The number of hydrogen-bond acceptors (Lipinski definition) is 5. The molecule has 0 aromatic carbocycles. The normalized spacial score (nSPS) is 11.2. The number of nitrogens with zero attached hydrogens (tertiary/aromatic N) is 2. The lowest BCUT2D eigenvalue weighted by Gasteiger charge is -2.13. The van der Waals surface area contributed by atoms with Gasteiger partial charge >= 0.3 is 6.36 Å². The van der Waals surface area contributed by atoms with Crippen LogP contribution in [0.5, 0.6) is 11.6 Å². The maximum Gasteiger partial charge on any atom is 0.574 e. The van der Waals surface area contributed by atoms with Crippen LogP contribution < -0.4 is 9.47 Å². The molecule has 0 unspecified atom stereocenters. The molecule has 0 aliphatic heterocycles. The Kier molecular flexibility index (Phi) is 4.17. The predicted molar refractivity (Wildman–Crippen MR) is 53.7 cm³/mol. The highest BCUT2D eigenvalue weighted by Gasteiger charge is 2.35. The predicted octanol–water partition coefficient (Wildman–Crippen LogP) is 2.64. The summed E-state index contributed by atoms with van der Waals surface area (Å²) in [7, 11) is 1.03. The summed E-state index contributed by atoms with van der Waals surface area (Å²) in [6.45, 7) is 0. The Morgan fingerprint density at radius 2 is 2.17 bits per heavy atom. The highest BCUT2D eigenvalue weighted by Crippen LogP contribution is 2.38. The van der Waals surface area contributed by atoms with Crippen molar-refractivity contribution < 1.29 is 27.6 Å². The van der Waals surface area contributed by atoms with E-state index in [0.29, 0.717) is 6.20 Å². The van der Waals surface area contributed by atoms with Crippen LogP contribution in [0.25, 0.3) is 0 Å². The third kappa shape index (κ3) is 3.13. The molecule has 100 valence electrons. The Labute approximate surface area is 103 Å². The van der Waals surface area contributed by atoms with Crippen LogP contribution in [0.4, 0.5) is 18.9 Å². The first kappa shape index (κ1) is 14.3. The molecule has 0 aliphatic carbocycles. The van der Waals surface area contributed by atoms with E-state index in [-0.39, 0.29) is 5.56 Å². The first-order valence-corrected chi connectivity index (χ1v) is 4.85. The summed E-state index contributed by atoms with van der Waals surface area (Å²) in [4.78, 5) is 13.0. The number of rotatable bonds is 4. The molecule has 1 aromatic heterocycles. The fraction of sp³-hybridized carbons (Fsp3) is 0.375. The Bertz CT molecular complexity index is 466.